The van der Waals surface area contributed by atoms with Gasteiger partial charge in [-0.05, 0) is 76.3 Å². The fourth-order valence-electron chi connectivity index (χ4n) is 6.31. The van der Waals surface area contributed by atoms with Crippen molar-refractivity contribution in [2.24, 2.45) is 0 Å². The largest absolute Gasteiger partial charge is 0.456 e. The molecule has 1 aromatic heterocycles. The summed E-state index contributed by atoms with van der Waals surface area (Å²) in [6.45, 7) is 0. The first-order chi connectivity index (χ1) is 22.3. The topological polar surface area (TPSA) is 31.4 Å². The monoisotopic (exact) mass is 595 g/mol. The van der Waals surface area contributed by atoms with Crippen molar-refractivity contribution < 1.29 is 9.47 Å². The van der Waals surface area contributed by atoms with Crippen molar-refractivity contribution in [3.8, 4) is 67.6 Å². The number of rotatable bonds is 4. The normalized spacial score (nSPS) is 13.9. The maximum atomic E-state index is 6.87. The summed E-state index contributed by atoms with van der Waals surface area (Å²) in [5, 5.41) is 3.54. The van der Waals surface area contributed by atoms with Crippen LogP contribution in [0.5, 0.6) is 23.0 Å². The third-order valence-electron chi connectivity index (χ3n) is 8.52. The van der Waals surface area contributed by atoms with Gasteiger partial charge in [0.2, 0.25) is 0 Å². The third-order valence-corrected chi connectivity index (χ3v) is 11.1. The van der Waals surface area contributed by atoms with Crippen molar-refractivity contribution in [1.82, 2.24) is 4.98 Å². The quantitative estimate of drug-likeness (QED) is 0.190. The predicted octanol–water partition coefficient (Wildman–Crippen LogP) is 9.72. The highest BCUT2D eigenvalue weighted by Gasteiger charge is 2.38. The van der Waals surface area contributed by atoms with Gasteiger partial charge < -0.3 is 9.47 Å². The molecule has 0 aliphatic carbocycles. The summed E-state index contributed by atoms with van der Waals surface area (Å²) in [7, 11) is -0.973. The van der Waals surface area contributed by atoms with Crippen LogP contribution in [-0.4, -0.2) is 4.98 Å². The summed E-state index contributed by atoms with van der Waals surface area (Å²) in [5.74, 6) is 3.54. The second kappa shape index (κ2) is 10.6. The lowest BCUT2D eigenvalue weighted by Gasteiger charge is -2.36. The molecule has 45 heavy (non-hydrogen) atoms. The number of aromatic nitrogens is 1. The molecule has 2 aliphatic rings. The fourth-order valence-corrected chi connectivity index (χ4v) is 8.98. The molecule has 7 aromatic rings. The molecule has 0 saturated heterocycles. The van der Waals surface area contributed by atoms with Crippen molar-refractivity contribution in [1.29, 1.82) is 0 Å². The van der Waals surface area contributed by atoms with Crippen molar-refractivity contribution in [3.05, 3.63) is 158 Å². The number of ether oxygens (including phenoxy) is 2. The van der Waals surface area contributed by atoms with Gasteiger partial charge in [0, 0.05) is 35.9 Å². The van der Waals surface area contributed by atoms with Gasteiger partial charge in [-0.1, -0.05) is 103 Å². The van der Waals surface area contributed by atoms with E-state index < -0.39 is 7.92 Å². The maximum Gasteiger partial charge on any atom is 0.147 e. The lowest BCUT2D eigenvalue weighted by atomic mass is 10.0. The van der Waals surface area contributed by atoms with Crippen LogP contribution in [0.25, 0.3) is 44.6 Å². The van der Waals surface area contributed by atoms with Crippen LogP contribution in [0.15, 0.2) is 158 Å². The molecule has 0 amide bonds. The Bertz CT molecular complexity index is 2150. The molecular weight excluding hydrogens is 569 g/mol. The van der Waals surface area contributed by atoms with Gasteiger partial charge in [0.25, 0.3) is 0 Å². The molecule has 0 N–H and O–H groups in total. The van der Waals surface area contributed by atoms with Gasteiger partial charge in [0.1, 0.15) is 23.0 Å². The Morgan fingerprint density at radius 1 is 0.422 bits per heavy atom. The van der Waals surface area contributed by atoms with Crippen LogP contribution in [0.3, 0.4) is 0 Å². The van der Waals surface area contributed by atoms with Gasteiger partial charge in [0.15, 0.2) is 0 Å². The Morgan fingerprint density at radius 3 is 1.60 bits per heavy atom. The van der Waals surface area contributed by atoms with E-state index >= 15 is 0 Å². The second-order valence-electron chi connectivity index (χ2n) is 11.2. The van der Waals surface area contributed by atoms with Crippen molar-refractivity contribution in [2.45, 2.75) is 0 Å². The average molecular weight is 596 g/mol. The minimum absolute atomic E-state index is 0.862. The average Bonchev–Trinajstić information content (AvgIpc) is 3.12. The number of pyridine rings is 1. The maximum absolute atomic E-state index is 6.87. The van der Waals surface area contributed by atoms with E-state index in [9.17, 15) is 0 Å². The van der Waals surface area contributed by atoms with Crippen LogP contribution in [0.2, 0.25) is 0 Å². The molecule has 2 aliphatic heterocycles. The number of hydrogen-bond donors (Lipinski definition) is 0. The highest BCUT2D eigenvalue weighted by atomic mass is 31.1. The highest BCUT2D eigenvalue weighted by Crippen LogP contribution is 2.55. The molecule has 0 radical (unpaired) electrons. The molecule has 0 fully saturated rings. The van der Waals surface area contributed by atoms with E-state index in [-0.39, 0.29) is 0 Å². The predicted molar refractivity (Wildman–Crippen MR) is 185 cm³/mol. The molecule has 1 atom stereocenters. The van der Waals surface area contributed by atoms with Crippen LogP contribution < -0.4 is 25.4 Å². The smallest absolute Gasteiger partial charge is 0.147 e. The van der Waals surface area contributed by atoms with Gasteiger partial charge in [-0.25, -0.2) is 0 Å². The van der Waals surface area contributed by atoms with Crippen LogP contribution >= 0.6 is 7.92 Å². The number of hydrogen-bond acceptors (Lipinski definition) is 3. The first-order valence-electron chi connectivity index (χ1n) is 15.0. The Labute approximate surface area is 263 Å². The number of benzene rings is 6. The van der Waals surface area contributed by atoms with Gasteiger partial charge >= 0.3 is 0 Å². The fraction of sp³-hybridized carbons (Fsp3) is 0. The molecule has 9 rings (SSSR count). The van der Waals surface area contributed by atoms with Gasteiger partial charge in [-0.2, -0.15) is 0 Å². The lowest BCUT2D eigenvalue weighted by Crippen LogP contribution is -2.32. The zero-order valence-electron chi connectivity index (χ0n) is 24.2. The lowest BCUT2D eigenvalue weighted by molar-refractivity contribution is 0.468. The van der Waals surface area contributed by atoms with Crippen molar-refractivity contribution in [2.75, 3.05) is 0 Å². The molecule has 3 heterocycles. The van der Waals surface area contributed by atoms with Crippen LogP contribution in [0.4, 0.5) is 0 Å². The summed E-state index contributed by atoms with van der Waals surface area (Å²) >= 11 is 0. The van der Waals surface area contributed by atoms with Crippen molar-refractivity contribution >= 4 is 23.8 Å². The summed E-state index contributed by atoms with van der Waals surface area (Å²) in [5.41, 5.74) is 8.92. The zero-order chi connectivity index (χ0) is 29.7. The van der Waals surface area contributed by atoms with Crippen LogP contribution in [0.1, 0.15) is 0 Å². The number of fused-ring (bicyclic) bond motifs is 4. The Hall–Kier alpha value is -5.50. The third kappa shape index (κ3) is 4.44. The molecular formula is C41H26NO2P. The molecule has 0 spiro atoms. The summed E-state index contributed by atoms with van der Waals surface area (Å²) < 4.78 is 13.5. The Morgan fingerprint density at radius 2 is 0.978 bits per heavy atom. The van der Waals surface area contributed by atoms with Gasteiger partial charge in [-0.15, -0.1) is 0 Å². The summed E-state index contributed by atoms with van der Waals surface area (Å²) in [6.07, 6.45) is 1.83. The molecule has 0 bridgehead atoms. The zero-order valence-corrected chi connectivity index (χ0v) is 25.1. The van der Waals surface area contributed by atoms with E-state index in [0.717, 1.165) is 50.7 Å². The standard InChI is InChI=1S/C41H26NO2P/c1-3-9-27(10-4-1)31-18-21-35-38(25-31)45-39-26-32(28-11-5-2-6-12-28)19-22-36(39)44-40-33(20-23-37(43-35)41(40)45)29-14-16-30(17-15-29)34-13-7-8-24-42-34/h1-26H. The summed E-state index contributed by atoms with van der Waals surface area (Å²) in [6, 6.07) is 53.2. The van der Waals surface area contributed by atoms with Gasteiger partial charge in [0.05, 0.1) is 11.0 Å². The summed E-state index contributed by atoms with van der Waals surface area (Å²) in [4.78, 5) is 4.53. The molecule has 1 unspecified atom stereocenters. The number of nitrogens with zero attached hydrogens (tertiary/aromatic N) is 1. The Balaban J connectivity index is 1.23. The minimum Gasteiger partial charge on any atom is -0.456 e. The molecule has 212 valence electrons. The van der Waals surface area contributed by atoms with Crippen LogP contribution in [-0.2, 0) is 0 Å². The van der Waals surface area contributed by atoms with E-state index in [1.54, 1.807) is 0 Å². The van der Waals surface area contributed by atoms with Crippen LogP contribution in [0, 0.1) is 0 Å². The van der Waals surface area contributed by atoms with E-state index in [0.29, 0.717) is 0 Å². The molecule has 4 heteroatoms. The van der Waals surface area contributed by atoms with E-state index in [2.05, 4.69) is 138 Å². The highest BCUT2D eigenvalue weighted by molar-refractivity contribution is 7.80. The van der Waals surface area contributed by atoms with E-state index in [1.807, 2.05) is 24.4 Å². The van der Waals surface area contributed by atoms with Crippen molar-refractivity contribution in [3.63, 3.8) is 0 Å². The Kier molecular flexibility index (Phi) is 6.11. The molecule has 0 saturated carbocycles. The second-order valence-corrected chi connectivity index (χ2v) is 13.3. The first-order valence-corrected chi connectivity index (χ1v) is 16.4. The van der Waals surface area contributed by atoms with E-state index in [4.69, 9.17) is 9.47 Å². The van der Waals surface area contributed by atoms with E-state index in [1.165, 1.54) is 32.9 Å². The van der Waals surface area contributed by atoms with Gasteiger partial charge in [-0.3, -0.25) is 4.98 Å². The first kappa shape index (κ1) is 25.9. The molecule has 3 nitrogen and oxygen atoms in total. The molecule has 6 aromatic carbocycles. The minimum atomic E-state index is -0.973. The SMILES string of the molecule is c1ccc(-c2ccc3c(c2)P2c4cc(-c5ccccc5)ccc4Oc4c(-c5ccc(-c6ccccn6)cc5)ccc(c42)O3)cc1.